The van der Waals surface area contributed by atoms with Crippen molar-refractivity contribution in [2.75, 3.05) is 0 Å². The third-order valence-electron chi connectivity index (χ3n) is 1.87. The number of benzene rings is 1. The van der Waals surface area contributed by atoms with Gasteiger partial charge in [0.2, 0.25) is 0 Å². The number of rotatable bonds is 1. The number of alkyl halides is 6. The maximum absolute atomic E-state index is 12.3. The second-order valence-corrected chi connectivity index (χ2v) is 3.04. The molecule has 8 heteroatoms. The Morgan fingerprint density at radius 1 is 0.941 bits per heavy atom. The molecule has 0 N–H and O–H groups in total. The molecule has 0 saturated carbocycles. The molecule has 1 aromatic carbocycles. The van der Waals surface area contributed by atoms with Gasteiger partial charge in [-0.25, -0.2) is 9.90 Å². The SMILES string of the molecule is [O]C(=O)c1ccc(C(F)(F)F)cc1C(F)(F)F. The van der Waals surface area contributed by atoms with Gasteiger partial charge in [0.25, 0.3) is 0 Å². The largest absolute Gasteiger partial charge is 0.417 e. The minimum absolute atomic E-state index is 0.223. The zero-order chi connectivity index (χ0) is 13.4. The van der Waals surface area contributed by atoms with Crippen LogP contribution in [-0.4, -0.2) is 5.97 Å². The summed E-state index contributed by atoms with van der Waals surface area (Å²) in [6.07, 6.45) is -10.2. The first-order valence-corrected chi connectivity index (χ1v) is 4.03. The number of hydrogen-bond acceptors (Lipinski definition) is 1. The average molecular weight is 257 g/mol. The van der Waals surface area contributed by atoms with Gasteiger partial charge in [0.05, 0.1) is 16.7 Å². The third kappa shape index (κ3) is 2.89. The van der Waals surface area contributed by atoms with Crippen molar-refractivity contribution < 1.29 is 36.2 Å². The summed E-state index contributed by atoms with van der Waals surface area (Å²) in [4.78, 5) is 10.3. The van der Waals surface area contributed by atoms with Gasteiger partial charge in [-0.15, -0.1) is 0 Å². The van der Waals surface area contributed by atoms with Crippen molar-refractivity contribution in [3.8, 4) is 0 Å². The minimum Gasteiger partial charge on any atom is -0.241 e. The lowest BCUT2D eigenvalue weighted by Gasteiger charge is -2.13. The summed E-state index contributed by atoms with van der Waals surface area (Å²) in [6.45, 7) is 0. The molecule has 1 radical (unpaired) electrons. The fourth-order valence-corrected chi connectivity index (χ4v) is 1.13. The van der Waals surface area contributed by atoms with E-state index in [1.54, 1.807) is 0 Å². The van der Waals surface area contributed by atoms with Crippen LogP contribution in [0.5, 0.6) is 0 Å². The Balaban J connectivity index is 3.46. The Labute approximate surface area is 90.5 Å². The van der Waals surface area contributed by atoms with Crippen LogP contribution < -0.4 is 0 Å². The molecular weight excluding hydrogens is 254 g/mol. The molecule has 0 fully saturated rings. The van der Waals surface area contributed by atoms with Gasteiger partial charge in [0.1, 0.15) is 0 Å². The van der Waals surface area contributed by atoms with Crippen molar-refractivity contribution in [1.29, 1.82) is 0 Å². The second kappa shape index (κ2) is 3.94. The summed E-state index contributed by atoms with van der Waals surface area (Å²) < 4.78 is 73.4. The topological polar surface area (TPSA) is 37.0 Å². The van der Waals surface area contributed by atoms with E-state index >= 15 is 0 Å². The van der Waals surface area contributed by atoms with Crippen molar-refractivity contribution in [3.05, 3.63) is 34.9 Å². The highest BCUT2D eigenvalue weighted by molar-refractivity contribution is 5.89. The van der Waals surface area contributed by atoms with E-state index in [9.17, 15) is 36.2 Å². The predicted octanol–water partition coefficient (Wildman–Crippen LogP) is 3.29. The Hall–Kier alpha value is -1.73. The summed E-state index contributed by atoms with van der Waals surface area (Å²) in [5.74, 6) is -2.19. The highest BCUT2D eigenvalue weighted by Gasteiger charge is 2.39. The molecule has 0 heterocycles. The van der Waals surface area contributed by atoms with Crippen molar-refractivity contribution >= 4 is 5.97 Å². The number of hydrogen-bond donors (Lipinski definition) is 0. The van der Waals surface area contributed by atoms with Crippen LogP contribution in [0, 0.1) is 0 Å². The third-order valence-corrected chi connectivity index (χ3v) is 1.87. The smallest absolute Gasteiger partial charge is 0.241 e. The molecule has 1 aromatic rings. The molecule has 0 aromatic heterocycles. The zero-order valence-corrected chi connectivity index (χ0v) is 7.82. The number of halogens is 6. The van der Waals surface area contributed by atoms with Crippen LogP contribution in [0.2, 0.25) is 0 Å². The van der Waals surface area contributed by atoms with Crippen molar-refractivity contribution in [3.63, 3.8) is 0 Å². The molecule has 0 bridgehead atoms. The van der Waals surface area contributed by atoms with Gasteiger partial charge >= 0.3 is 18.3 Å². The number of carbonyl (C=O) groups is 1. The standard InChI is InChI=1S/C9H3F6O2/c10-8(11,12)4-1-2-5(7(16)17)6(3-4)9(13,14)15/h1-3H. The average Bonchev–Trinajstić information content (AvgIpc) is 2.14. The highest BCUT2D eigenvalue weighted by atomic mass is 19.4. The summed E-state index contributed by atoms with van der Waals surface area (Å²) in [7, 11) is 0. The van der Waals surface area contributed by atoms with Gasteiger partial charge in [0, 0.05) is 0 Å². The molecule has 2 nitrogen and oxygen atoms in total. The molecule has 0 saturated heterocycles. The predicted molar refractivity (Wildman–Crippen MR) is 41.5 cm³/mol. The van der Waals surface area contributed by atoms with Crippen molar-refractivity contribution in [1.82, 2.24) is 0 Å². The van der Waals surface area contributed by atoms with Gasteiger partial charge in [-0.1, -0.05) is 0 Å². The van der Waals surface area contributed by atoms with Crippen LogP contribution in [0.15, 0.2) is 18.2 Å². The normalized spacial score (nSPS) is 12.6. The highest BCUT2D eigenvalue weighted by Crippen LogP contribution is 2.37. The molecule has 0 unspecified atom stereocenters. The molecule has 0 aliphatic rings. The maximum Gasteiger partial charge on any atom is 0.417 e. The molecule has 0 aliphatic heterocycles. The summed E-state index contributed by atoms with van der Waals surface area (Å²) in [5.41, 5.74) is -4.78. The summed E-state index contributed by atoms with van der Waals surface area (Å²) >= 11 is 0. The van der Waals surface area contributed by atoms with Crippen molar-refractivity contribution in [2.45, 2.75) is 12.4 Å². The first kappa shape index (κ1) is 13.3. The molecule has 0 spiro atoms. The first-order valence-electron chi connectivity index (χ1n) is 4.03. The molecule has 1 rings (SSSR count). The molecule has 93 valence electrons. The Bertz CT molecular complexity index is 446. The van der Waals surface area contributed by atoms with Crippen LogP contribution in [0.4, 0.5) is 26.3 Å². The van der Waals surface area contributed by atoms with Gasteiger partial charge in [0.15, 0.2) is 0 Å². The van der Waals surface area contributed by atoms with E-state index in [0.717, 1.165) is 0 Å². The Kier molecular flexibility index (Phi) is 3.09. The van der Waals surface area contributed by atoms with E-state index < -0.39 is 35.0 Å². The minimum atomic E-state index is -5.20. The first-order chi connectivity index (χ1) is 7.53. The van der Waals surface area contributed by atoms with Gasteiger partial charge in [-0.3, -0.25) is 0 Å². The van der Waals surface area contributed by atoms with E-state index in [0.29, 0.717) is 0 Å². The molecule has 0 atom stereocenters. The van der Waals surface area contributed by atoms with Crippen LogP contribution in [0.25, 0.3) is 0 Å². The van der Waals surface area contributed by atoms with E-state index in [4.69, 9.17) is 0 Å². The van der Waals surface area contributed by atoms with Gasteiger partial charge < -0.3 is 0 Å². The second-order valence-electron chi connectivity index (χ2n) is 3.04. The molecule has 0 amide bonds. The lowest BCUT2D eigenvalue weighted by Crippen LogP contribution is -2.15. The number of carbonyl (C=O) groups excluding carboxylic acids is 1. The van der Waals surface area contributed by atoms with Gasteiger partial charge in [-0.05, 0) is 18.2 Å². The Morgan fingerprint density at radius 2 is 1.47 bits per heavy atom. The monoisotopic (exact) mass is 257 g/mol. The maximum atomic E-state index is 12.3. The van der Waals surface area contributed by atoms with Crippen LogP contribution in [0.3, 0.4) is 0 Å². The Morgan fingerprint density at radius 3 is 1.82 bits per heavy atom. The van der Waals surface area contributed by atoms with Gasteiger partial charge in [-0.2, -0.15) is 26.3 Å². The fourth-order valence-electron chi connectivity index (χ4n) is 1.13. The summed E-state index contributed by atoms with van der Waals surface area (Å²) in [6, 6.07) is 0.215. The quantitative estimate of drug-likeness (QED) is 0.711. The molecular formula is C9H3F6O2. The summed E-state index contributed by atoms with van der Waals surface area (Å²) in [5, 5.41) is 10.3. The van der Waals surface area contributed by atoms with Crippen LogP contribution >= 0.6 is 0 Å². The van der Waals surface area contributed by atoms with Crippen LogP contribution in [0.1, 0.15) is 21.5 Å². The van der Waals surface area contributed by atoms with Crippen LogP contribution in [-0.2, 0) is 17.5 Å². The van der Waals surface area contributed by atoms with Crippen molar-refractivity contribution in [2.24, 2.45) is 0 Å². The van der Waals surface area contributed by atoms with E-state index in [2.05, 4.69) is 0 Å². The molecule has 0 aliphatic carbocycles. The fraction of sp³-hybridized carbons (Fsp3) is 0.222. The van der Waals surface area contributed by atoms with E-state index in [-0.39, 0.29) is 18.2 Å². The van der Waals surface area contributed by atoms with E-state index in [1.807, 2.05) is 0 Å². The van der Waals surface area contributed by atoms with E-state index in [1.165, 1.54) is 0 Å². The zero-order valence-electron chi connectivity index (χ0n) is 7.82. The lowest BCUT2D eigenvalue weighted by molar-refractivity contribution is -0.143. The lowest BCUT2D eigenvalue weighted by atomic mass is 10.0. The molecule has 17 heavy (non-hydrogen) atoms.